The molecule has 0 heterocycles. The summed E-state index contributed by atoms with van der Waals surface area (Å²) >= 11 is 0. The number of amides is 2. The summed E-state index contributed by atoms with van der Waals surface area (Å²) in [6.45, 7) is 1.50. The molecule has 3 rings (SSSR count). The summed E-state index contributed by atoms with van der Waals surface area (Å²) in [5.74, 6) is -0.567. The van der Waals surface area contributed by atoms with Crippen LogP contribution in [0.1, 0.15) is 36.0 Å². The number of benzene rings is 3. The van der Waals surface area contributed by atoms with Crippen LogP contribution in [0.3, 0.4) is 0 Å². The van der Waals surface area contributed by atoms with E-state index < -0.39 is 12.1 Å². The lowest BCUT2D eigenvalue weighted by molar-refractivity contribution is -0.130. The summed E-state index contributed by atoms with van der Waals surface area (Å²) in [4.78, 5) is 26.7. The summed E-state index contributed by atoms with van der Waals surface area (Å²) in [7, 11) is 0. The summed E-state index contributed by atoms with van der Waals surface area (Å²) in [5, 5.41) is 19.5. The molecule has 0 saturated heterocycles. The SMILES string of the molecule is N=C(N)NCCC[C@H](NC(=O)[C@@H](Cc1ccccc1)NCCCc1ccccc1)C(=O)NCc1ccccc1. The summed E-state index contributed by atoms with van der Waals surface area (Å²) in [5.41, 5.74) is 8.67. The van der Waals surface area contributed by atoms with Gasteiger partial charge in [-0.1, -0.05) is 91.0 Å². The van der Waals surface area contributed by atoms with Gasteiger partial charge in [0.1, 0.15) is 6.04 Å². The van der Waals surface area contributed by atoms with Crippen molar-refractivity contribution in [2.24, 2.45) is 5.73 Å². The van der Waals surface area contributed by atoms with Crippen molar-refractivity contribution in [3.05, 3.63) is 108 Å². The highest BCUT2D eigenvalue weighted by molar-refractivity contribution is 5.90. The normalized spacial score (nSPS) is 12.2. The number of hydrogen-bond donors (Lipinski definition) is 6. The van der Waals surface area contributed by atoms with Crippen LogP contribution < -0.4 is 27.0 Å². The second-order valence-corrected chi connectivity index (χ2v) is 9.53. The van der Waals surface area contributed by atoms with Crippen LogP contribution in [0.4, 0.5) is 0 Å². The maximum atomic E-state index is 13.5. The zero-order chi connectivity index (χ0) is 27.7. The van der Waals surface area contributed by atoms with E-state index in [-0.39, 0.29) is 17.8 Å². The van der Waals surface area contributed by atoms with Crippen molar-refractivity contribution >= 4 is 17.8 Å². The Morgan fingerprint density at radius 3 is 1.90 bits per heavy atom. The summed E-state index contributed by atoms with van der Waals surface area (Å²) < 4.78 is 0. The first-order chi connectivity index (χ1) is 19.0. The lowest BCUT2D eigenvalue weighted by Gasteiger charge is -2.24. The fourth-order valence-corrected chi connectivity index (χ4v) is 4.30. The Bertz CT molecular complexity index is 1140. The predicted molar refractivity (Wildman–Crippen MR) is 156 cm³/mol. The third-order valence-electron chi connectivity index (χ3n) is 6.40. The highest BCUT2D eigenvalue weighted by Gasteiger charge is 2.25. The average Bonchev–Trinajstić information content (AvgIpc) is 2.96. The Hall–Kier alpha value is -4.17. The van der Waals surface area contributed by atoms with Gasteiger partial charge >= 0.3 is 0 Å². The number of hydrogen-bond acceptors (Lipinski definition) is 4. The molecular weight excluding hydrogens is 488 g/mol. The molecule has 0 radical (unpaired) electrons. The zero-order valence-electron chi connectivity index (χ0n) is 22.4. The lowest BCUT2D eigenvalue weighted by Crippen LogP contribution is -2.53. The fourth-order valence-electron chi connectivity index (χ4n) is 4.30. The maximum Gasteiger partial charge on any atom is 0.242 e. The molecule has 0 aliphatic carbocycles. The molecular formula is C31H40N6O2. The van der Waals surface area contributed by atoms with Gasteiger partial charge in [0.25, 0.3) is 0 Å². The van der Waals surface area contributed by atoms with Gasteiger partial charge in [-0.2, -0.15) is 0 Å². The second-order valence-electron chi connectivity index (χ2n) is 9.53. The van der Waals surface area contributed by atoms with E-state index in [1.165, 1.54) is 5.56 Å². The first-order valence-corrected chi connectivity index (χ1v) is 13.5. The lowest BCUT2D eigenvalue weighted by atomic mass is 10.0. The van der Waals surface area contributed by atoms with E-state index in [1.54, 1.807) is 0 Å². The van der Waals surface area contributed by atoms with E-state index in [0.717, 1.165) is 24.0 Å². The van der Waals surface area contributed by atoms with Gasteiger partial charge in [-0.05, 0) is 55.3 Å². The Balaban J connectivity index is 1.63. The molecule has 0 aliphatic heterocycles. The van der Waals surface area contributed by atoms with Crippen molar-refractivity contribution in [1.82, 2.24) is 21.3 Å². The largest absolute Gasteiger partial charge is 0.370 e. The standard InChI is InChI=1S/C31H40N6O2/c32-31(33)35-21-11-19-27(29(38)36-23-26-16-8-3-9-17-26)37-30(39)28(22-25-14-6-2-7-15-25)34-20-10-18-24-12-4-1-5-13-24/h1-9,12-17,27-28,34H,10-11,18-23H2,(H,36,38)(H,37,39)(H4,32,33,35)/t27-,28+/m0/s1. The van der Waals surface area contributed by atoms with Crippen molar-refractivity contribution in [2.45, 2.75) is 50.7 Å². The van der Waals surface area contributed by atoms with E-state index in [4.69, 9.17) is 11.1 Å². The Labute approximate surface area is 231 Å². The molecule has 0 bridgehead atoms. The number of rotatable bonds is 16. The van der Waals surface area contributed by atoms with Crippen LogP contribution in [0, 0.1) is 5.41 Å². The van der Waals surface area contributed by atoms with Crippen molar-refractivity contribution in [3.63, 3.8) is 0 Å². The minimum Gasteiger partial charge on any atom is -0.370 e. The number of aryl methyl sites for hydroxylation is 1. The number of nitrogens with one attached hydrogen (secondary N) is 5. The van der Waals surface area contributed by atoms with Crippen LogP contribution in [-0.2, 0) is 29.0 Å². The highest BCUT2D eigenvalue weighted by atomic mass is 16.2. The van der Waals surface area contributed by atoms with E-state index in [2.05, 4.69) is 33.4 Å². The van der Waals surface area contributed by atoms with Gasteiger partial charge in [0.15, 0.2) is 5.96 Å². The fraction of sp³-hybridized carbons (Fsp3) is 0.323. The number of carbonyl (C=O) groups excluding carboxylic acids is 2. The number of carbonyl (C=O) groups is 2. The maximum absolute atomic E-state index is 13.5. The Morgan fingerprint density at radius 1 is 0.692 bits per heavy atom. The van der Waals surface area contributed by atoms with Crippen LogP contribution >= 0.6 is 0 Å². The molecule has 8 heteroatoms. The van der Waals surface area contributed by atoms with Gasteiger partial charge in [-0.15, -0.1) is 0 Å². The average molecular weight is 529 g/mol. The Kier molecular flexibility index (Phi) is 12.5. The van der Waals surface area contributed by atoms with E-state index in [1.807, 2.05) is 78.9 Å². The predicted octanol–water partition coefficient (Wildman–Crippen LogP) is 2.88. The van der Waals surface area contributed by atoms with E-state index in [9.17, 15) is 9.59 Å². The van der Waals surface area contributed by atoms with Crippen LogP contribution in [0.5, 0.6) is 0 Å². The molecule has 0 fully saturated rings. The third kappa shape index (κ3) is 11.4. The smallest absolute Gasteiger partial charge is 0.242 e. The molecule has 39 heavy (non-hydrogen) atoms. The molecule has 0 saturated carbocycles. The number of guanidine groups is 1. The van der Waals surface area contributed by atoms with E-state index >= 15 is 0 Å². The van der Waals surface area contributed by atoms with Crippen molar-refractivity contribution in [2.75, 3.05) is 13.1 Å². The van der Waals surface area contributed by atoms with Crippen LogP contribution in [0.15, 0.2) is 91.0 Å². The topological polar surface area (TPSA) is 132 Å². The van der Waals surface area contributed by atoms with Crippen LogP contribution in [-0.4, -0.2) is 42.9 Å². The van der Waals surface area contributed by atoms with Gasteiger partial charge in [-0.25, -0.2) is 0 Å². The quantitative estimate of drug-likeness (QED) is 0.0967. The van der Waals surface area contributed by atoms with Crippen molar-refractivity contribution in [3.8, 4) is 0 Å². The molecule has 3 aromatic rings. The third-order valence-corrected chi connectivity index (χ3v) is 6.40. The van der Waals surface area contributed by atoms with Crippen LogP contribution in [0.2, 0.25) is 0 Å². The van der Waals surface area contributed by atoms with E-state index in [0.29, 0.717) is 38.9 Å². The molecule has 0 aliphatic rings. The molecule has 2 atom stereocenters. The minimum absolute atomic E-state index is 0.119. The van der Waals surface area contributed by atoms with Gasteiger partial charge < -0.3 is 27.0 Å². The molecule has 0 spiro atoms. The highest BCUT2D eigenvalue weighted by Crippen LogP contribution is 2.07. The van der Waals surface area contributed by atoms with Gasteiger partial charge in [0.2, 0.25) is 11.8 Å². The minimum atomic E-state index is -0.709. The van der Waals surface area contributed by atoms with Crippen molar-refractivity contribution in [1.29, 1.82) is 5.41 Å². The van der Waals surface area contributed by atoms with Gasteiger partial charge in [-0.3, -0.25) is 15.0 Å². The molecule has 7 N–H and O–H groups in total. The van der Waals surface area contributed by atoms with Crippen molar-refractivity contribution < 1.29 is 9.59 Å². The Morgan fingerprint density at radius 2 is 1.28 bits per heavy atom. The first-order valence-electron chi connectivity index (χ1n) is 13.5. The number of nitrogens with two attached hydrogens (primary N) is 1. The molecule has 8 nitrogen and oxygen atoms in total. The summed E-state index contributed by atoms with van der Waals surface area (Å²) in [6, 6.07) is 28.6. The molecule has 0 aromatic heterocycles. The van der Waals surface area contributed by atoms with Crippen LogP contribution in [0.25, 0.3) is 0 Å². The van der Waals surface area contributed by atoms with Gasteiger partial charge in [0, 0.05) is 13.1 Å². The zero-order valence-corrected chi connectivity index (χ0v) is 22.4. The molecule has 2 amide bonds. The first kappa shape index (κ1) is 29.4. The molecule has 3 aromatic carbocycles. The monoisotopic (exact) mass is 528 g/mol. The summed E-state index contributed by atoms with van der Waals surface area (Å²) in [6.07, 6.45) is 3.31. The second kappa shape index (κ2) is 16.6. The molecule has 0 unspecified atom stereocenters. The molecule has 206 valence electrons. The van der Waals surface area contributed by atoms with Gasteiger partial charge in [0.05, 0.1) is 6.04 Å².